The first-order valence-corrected chi connectivity index (χ1v) is 24.1. The molecule has 1 aromatic carbocycles. The van der Waals surface area contributed by atoms with E-state index in [1.54, 1.807) is 58.0 Å². The molecule has 16 N–H and O–H groups in total. The summed E-state index contributed by atoms with van der Waals surface area (Å²) in [5.74, 6) is -9.44. The number of carboxylic acid groups (broad SMARTS) is 2. The smallest absolute Gasteiger partial charge is 0.326 e. The van der Waals surface area contributed by atoms with Crippen LogP contribution >= 0.6 is 0 Å². The van der Waals surface area contributed by atoms with Gasteiger partial charge in [0.1, 0.15) is 42.3 Å². The van der Waals surface area contributed by atoms with Gasteiger partial charge in [0, 0.05) is 19.4 Å². The number of carboxylic acids is 2. The van der Waals surface area contributed by atoms with Crippen LogP contribution in [0.15, 0.2) is 30.3 Å². The number of unbranched alkanes of at least 4 members (excludes halogenated alkanes) is 2. The average molecular weight is 988 g/mol. The maximum absolute atomic E-state index is 14.1. The van der Waals surface area contributed by atoms with Crippen LogP contribution in [-0.2, 0) is 54.4 Å². The number of nitrogens with one attached hydrogen (secondary N) is 6. The minimum absolute atomic E-state index is 0.0258. The molecule has 1 fully saturated rings. The highest BCUT2D eigenvalue weighted by molar-refractivity contribution is 5.99. The third-order valence-corrected chi connectivity index (χ3v) is 11.6. The summed E-state index contributed by atoms with van der Waals surface area (Å²) in [6, 6.07) is -1.70. The topological polar surface area (TPSA) is 391 Å². The van der Waals surface area contributed by atoms with Gasteiger partial charge < -0.3 is 69.9 Å². The van der Waals surface area contributed by atoms with Crippen molar-refractivity contribution in [2.24, 2.45) is 34.8 Å². The molecule has 8 atom stereocenters. The van der Waals surface area contributed by atoms with Crippen LogP contribution in [0.25, 0.3) is 0 Å². The summed E-state index contributed by atoms with van der Waals surface area (Å²) in [5.41, 5.74) is 23.4. The molecule has 0 spiro atoms. The zero-order chi connectivity index (χ0) is 52.5. The van der Waals surface area contributed by atoms with Crippen molar-refractivity contribution < 1.29 is 58.2 Å². The first kappa shape index (κ1) is 59.9. The number of benzene rings is 1. The molecule has 23 nitrogen and oxygen atoms in total. The second kappa shape index (κ2) is 31.1. The Bertz CT molecular complexity index is 1920. The van der Waals surface area contributed by atoms with E-state index in [-0.39, 0.29) is 69.9 Å². The number of nitrogens with two attached hydrogens (primary N) is 4. The van der Waals surface area contributed by atoms with Gasteiger partial charge in [0.05, 0.1) is 12.5 Å². The van der Waals surface area contributed by atoms with Crippen molar-refractivity contribution in [3.8, 4) is 0 Å². The first-order chi connectivity index (χ1) is 33.1. The highest BCUT2D eigenvalue weighted by Crippen LogP contribution is 2.21. The predicted octanol–water partition coefficient (Wildman–Crippen LogP) is -1.37. The highest BCUT2D eigenvalue weighted by Gasteiger charge is 2.40. The molecule has 0 aliphatic carbocycles. The lowest BCUT2D eigenvalue weighted by Crippen LogP contribution is -2.60. The fourth-order valence-electron chi connectivity index (χ4n) is 7.93. The summed E-state index contributed by atoms with van der Waals surface area (Å²) in [4.78, 5) is 134. The maximum Gasteiger partial charge on any atom is 0.326 e. The lowest BCUT2D eigenvalue weighted by molar-refractivity contribution is -0.143. The van der Waals surface area contributed by atoms with Crippen LogP contribution in [0.5, 0.6) is 0 Å². The van der Waals surface area contributed by atoms with Gasteiger partial charge in [-0.15, -0.1) is 0 Å². The fourth-order valence-corrected chi connectivity index (χ4v) is 7.93. The number of nitrogens with zero attached hydrogens (tertiary/aromatic N) is 1. The van der Waals surface area contributed by atoms with Crippen molar-refractivity contribution in [3.63, 3.8) is 0 Å². The van der Waals surface area contributed by atoms with Crippen molar-refractivity contribution in [2.45, 2.75) is 166 Å². The van der Waals surface area contributed by atoms with Gasteiger partial charge in [-0.3, -0.25) is 43.2 Å². The van der Waals surface area contributed by atoms with E-state index in [9.17, 15) is 58.2 Å². The second-order valence-electron chi connectivity index (χ2n) is 18.6. The van der Waals surface area contributed by atoms with E-state index < -0.39 is 120 Å². The monoisotopic (exact) mass is 988 g/mol. The summed E-state index contributed by atoms with van der Waals surface area (Å²) in [6.45, 7) is 7.91. The van der Waals surface area contributed by atoms with E-state index in [0.717, 1.165) is 0 Å². The van der Waals surface area contributed by atoms with Gasteiger partial charge in [0.25, 0.3) is 0 Å². The van der Waals surface area contributed by atoms with Gasteiger partial charge in [-0.05, 0) is 94.7 Å². The van der Waals surface area contributed by atoms with Crippen LogP contribution in [0.3, 0.4) is 0 Å². The molecule has 392 valence electrons. The first-order valence-electron chi connectivity index (χ1n) is 24.1. The van der Waals surface area contributed by atoms with Gasteiger partial charge in [-0.2, -0.15) is 0 Å². The van der Waals surface area contributed by atoms with E-state index in [2.05, 4.69) is 31.9 Å². The summed E-state index contributed by atoms with van der Waals surface area (Å²) in [7, 11) is 0. The quantitative estimate of drug-likeness (QED) is 0.0362. The van der Waals surface area contributed by atoms with Crippen molar-refractivity contribution in [2.75, 3.05) is 19.6 Å². The van der Waals surface area contributed by atoms with Crippen molar-refractivity contribution in [1.29, 1.82) is 0 Å². The average Bonchev–Trinajstić information content (AvgIpc) is 3.79. The summed E-state index contributed by atoms with van der Waals surface area (Å²) in [6.07, 6.45) is 1.48. The molecule has 23 heteroatoms. The normalized spacial score (nSPS) is 16.4. The molecule has 70 heavy (non-hydrogen) atoms. The third-order valence-electron chi connectivity index (χ3n) is 11.6. The van der Waals surface area contributed by atoms with Crippen molar-refractivity contribution in [1.82, 2.24) is 36.8 Å². The van der Waals surface area contributed by atoms with E-state index in [4.69, 9.17) is 22.9 Å². The van der Waals surface area contributed by atoms with Crippen molar-refractivity contribution in [3.05, 3.63) is 35.9 Å². The fraction of sp³-hybridized carbons (Fsp3) is 0.660. The zero-order valence-electron chi connectivity index (χ0n) is 40.9. The summed E-state index contributed by atoms with van der Waals surface area (Å²) < 4.78 is 0. The van der Waals surface area contributed by atoms with E-state index in [0.29, 0.717) is 44.2 Å². The Kier molecular flexibility index (Phi) is 26.6. The van der Waals surface area contributed by atoms with E-state index in [1.807, 2.05) is 0 Å². The highest BCUT2D eigenvalue weighted by atomic mass is 16.4. The van der Waals surface area contributed by atoms with Gasteiger partial charge in [0.2, 0.25) is 47.3 Å². The van der Waals surface area contributed by atoms with Crippen LogP contribution in [0, 0.1) is 11.8 Å². The van der Waals surface area contributed by atoms with Gasteiger partial charge in [-0.1, -0.05) is 64.4 Å². The molecular formula is C47H77N11O12. The van der Waals surface area contributed by atoms with Crippen LogP contribution in [-0.4, -0.2) is 142 Å². The van der Waals surface area contributed by atoms with Gasteiger partial charge in [-0.25, -0.2) is 4.79 Å². The Morgan fingerprint density at radius 2 is 1.13 bits per heavy atom. The molecule has 0 saturated carbocycles. The lowest BCUT2D eigenvalue weighted by atomic mass is 9.99. The van der Waals surface area contributed by atoms with Gasteiger partial charge >= 0.3 is 11.9 Å². The predicted molar refractivity (Wildman–Crippen MR) is 257 cm³/mol. The Balaban J connectivity index is 2.32. The summed E-state index contributed by atoms with van der Waals surface area (Å²) in [5, 5.41) is 34.8. The minimum atomic E-state index is -1.64. The van der Waals surface area contributed by atoms with Crippen LogP contribution in [0.4, 0.5) is 0 Å². The molecule has 0 aromatic heterocycles. The maximum atomic E-state index is 14.1. The zero-order valence-corrected chi connectivity index (χ0v) is 40.9. The molecule has 1 aromatic rings. The van der Waals surface area contributed by atoms with Crippen LogP contribution in [0.2, 0.25) is 0 Å². The van der Waals surface area contributed by atoms with Gasteiger partial charge in [0.15, 0.2) is 0 Å². The number of primary amides is 1. The molecular weight excluding hydrogens is 911 g/mol. The molecule has 1 saturated heterocycles. The number of hydrogen-bond donors (Lipinski definition) is 12. The lowest BCUT2D eigenvalue weighted by Gasteiger charge is -2.31. The van der Waals surface area contributed by atoms with Crippen LogP contribution < -0.4 is 54.8 Å². The molecule has 2 rings (SSSR count). The molecule has 1 aliphatic rings. The Hall–Kier alpha value is -6.20. The molecule has 0 bridgehead atoms. The van der Waals surface area contributed by atoms with Crippen LogP contribution in [0.1, 0.15) is 117 Å². The van der Waals surface area contributed by atoms with Crippen molar-refractivity contribution >= 4 is 59.2 Å². The Labute approximate surface area is 409 Å². The number of amides is 8. The number of rotatable bonds is 33. The molecule has 1 aliphatic heterocycles. The molecule has 0 unspecified atom stereocenters. The third kappa shape index (κ3) is 21.6. The van der Waals surface area contributed by atoms with E-state index >= 15 is 0 Å². The molecule has 1 heterocycles. The number of likely N-dealkylation sites (tertiary alicyclic amines) is 1. The number of aliphatic carboxylic acids is 2. The number of carbonyl (C=O) groups is 10. The Morgan fingerprint density at radius 1 is 0.629 bits per heavy atom. The standard InChI is InChI=1S/C47H77N11O12/c1-27(2)23-33(42(64)55-35(26-38(51)59)44(66)52-31(16-9-11-21-49)41(63)57-36(47(69)70)25-29-13-6-5-7-14-29)54-43(65)34(24-28(3)4)56-45(67)37-17-12-22-58(37)46(68)32(18-19-39(60)61)53-40(62)30(50)15-8-10-20-48/h5-7,13-14,27-28,30-37H,8-12,15-26,48-50H2,1-4H3,(H2,51,59)(H,52,66)(H,53,62)(H,54,65)(H,55,64)(H,56,67)(H,57,63)(H,60,61)(H,69,70)/t30-,31-,32-,33-,34-,35-,36-,37-/m0/s1. The molecule has 8 amide bonds. The van der Waals surface area contributed by atoms with E-state index in [1.165, 1.54) is 4.90 Å². The largest absolute Gasteiger partial charge is 0.481 e. The number of hydrogen-bond acceptors (Lipinski definition) is 13. The molecule has 0 radical (unpaired) electrons. The number of carbonyl (C=O) groups excluding carboxylic acids is 8. The Morgan fingerprint density at radius 3 is 1.67 bits per heavy atom. The minimum Gasteiger partial charge on any atom is -0.481 e. The second-order valence-corrected chi connectivity index (χ2v) is 18.6. The summed E-state index contributed by atoms with van der Waals surface area (Å²) >= 11 is 0. The SMILES string of the molecule is CC(C)C[C@H](NC(=O)[C@H](CC(C)C)NC(=O)[C@@H]1CCCN1C(=O)[C@H](CCC(=O)O)NC(=O)[C@@H](N)CCCCN)C(=O)N[C@@H](CC(N)=O)C(=O)N[C@@H](CCCCN)C(=O)N[C@@H](Cc1ccccc1)C(=O)O.